The van der Waals surface area contributed by atoms with Gasteiger partial charge in [0.15, 0.2) is 0 Å². The zero-order valence-corrected chi connectivity index (χ0v) is 17.9. The van der Waals surface area contributed by atoms with Crippen LogP contribution in [0.2, 0.25) is 0 Å². The van der Waals surface area contributed by atoms with E-state index in [1.807, 2.05) is 24.4 Å². The first-order chi connectivity index (χ1) is 15.1. The maximum absolute atomic E-state index is 11.5. The fraction of sp³-hybridized carbons (Fsp3) is 0.435. The summed E-state index contributed by atoms with van der Waals surface area (Å²) in [5, 5.41) is 2.88. The van der Waals surface area contributed by atoms with E-state index >= 15 is 0 Å². The molecule has 0 bridgehead atoms. The van der Waals surface area contributed by atoms with E-state index in [9.17, 15) is 4.79 Å². The van der Waals surface area contributed by atoms with Crippen molar-refractivity contribution in [2.75, 3.05) is 31.7 Å². The number of ether oxygens (including phenoxy) is 2. The summed E-state index contributed by atoms with van der Waals surface area (Å²) in [5.74, 6) is 2.49. The van der Waals surface area contributed by atoms with E-state index in [-0.39, 0.29) is 18.6 Å². The molecule has 1 amide bonds. The summed E-state index contributed by atoms with van der Waals surface area (Å²) >= 11 is 0. The van der Waals surface area contributed by atoms with Crippen molar-refractivity contribution in [2.24, 2.45) is 0 Å². The smallest absolute Gasteiger partial charge is 0.246 e. The second kappa shape index (κ2) is 8.19. The number of imidazole rings is 1. The lowest BCUT2D eigenvalue weighted by Crippen LogP contribution is -2.44. The lowest BCUT2D eigenvalue weighted by molar-refractivity contribution is -0.133. The molecule has 2 aliphatic rings. The molecule has 4 heterocycles. The third-order valence-electron chi connectivity index (χ3n) is 6.17. The van der Waals surface area contributed by atoms with Crippen LogP contribution in [-0.4, -0.2) is 59.4 Å². The van der Waals surface area contributed by atoms with Crippen molar-refractivity contribution in [3.63, 3.8) is 0 Å². The summed E-state index contributed by atoms with van der Waals surface area (Å²) in [6.07, 6.45) is 4.17. The number of aromatic nitrogens is 3. The van der Waals surface area contributed by atoms with Crippen LogP contribution in [0.15, 0.2) is 36.5 Å². The predicted octanol–water partition coefficient (Wildman–Crippen LogP) is 2.61. The van der Waals surface area contributed by atoms with Crippen LogP contribution < -0.4 is 15.0 Å². The van der Waals surface area contributed by atoms with Gasteiger partial charge in [-0.25, -0.2) is 9.97 Å². The number of anilines is 1. The molecule has 2 aliphatic heterocycles. The maximum Gasteiger partial charge on any atom is 0.246 e. The average molecular weight is 422 g/mol. The molecule has 2 saturated heterocycles. The number of benzene rings is 1. The van der Waals surface area contributed by atoms with Gasteiger partial charge in [-0.2, -0.15) is 0 Å². The molecule has 3 aromatic rings. The van der Waals surface area contributed by atoms with Gasteiger partial charge in [0.2, 0.25) is 5.91 Å². The zero-order chi connectivity index (χ0) is 21.4. The van der Waals surface area contributed by atoms with E-state index in [2.05, 4.69) is 33.8 Å². The number of carbonyl (C=O) groups is 1. The summed E-state index contributed by atoms with van der Waals surface area (Å²) in [6, 6.07) is 10.5. The minimum Gasteiger partial charge on any atom is -0.494 e. The topological polar surface area (TPSA) is 81.5 Å². The molecule has 162 valence electrons. The molecule has 8 nitrogen and oxygen atoms in total. The quantitative estimate of drug-likeness (QED) is 0.682. The standard InChI is InChI=1S/C23H27N5O3/c1-15-5-4-10-27(15)20-9-8-16(11-24-20)23-26-18-6-3-7-19(30-2)22(18)28(23)13-17-12-25-21(29)14-31-17/h3,6-9,11,15,17H,4-5,10,12-14H2,1-2H3,(H,25,29)/t15?,17-/m0/s1. The number of hydrogen-bond acceptors (Lipinski definition) is 6. The Hall–Kier alpha value is -3.13. The Morgan fingerprint density at radius 3 is 2.87 bits per heavy atom. The van der Waals surface area contributed by atoms with Crippen molar-refractivity contribution in [2.45, 2.75) is 38.5 Å². The molecule has 31 heavy (non-hydrogen) atoms. The Kier molecular flexibility index (Phi) is 5.23. The van der Waals surface area contributed by atoms with E-state index in [0.717, 1.165) is 40.5 Å². The van der Waals surface area contributed by atoms with Gasteiger partial charge in [0.25, 0.3) is 0 Å². The molecule has 2 atom stereocenters. The first kappa shape index (κ1) is 19.8. The van der Waals surface area contributed by atoms with Gasteiger partial charge in [-0.3, -0.25) is 4.79 Å². The molecule has 0 saturated carbocycles. The third-order valence-corrected chi connectivity index (χ3v) is 6.17. The minimum absolute atomic E-state index is 0.0774. The van der Waals surface area contributed by atoms with Crippen LogP contribution in [-0.2, 0) is 16.1 Å². The van der Waals surface area contributed by atoms with Crippen molar-refractivity contribution < 1.29 is 14.3 Å². The molecule has 2 aromatic heterocycles. The molecular weight excluding hydrogens is 394 g/mol. The Morgan fingerprint density at radius 2 is 2.19 bits per heavy atom. The number of pyridine rings is 1. The Balaban J connectivity index is 1.53. The molecule has 1 unspecified atom stereocenters. The summed E-state index contributed by atoms with van der Waals surface area (Å²) in [6.45, 7) is 4.40. The highest BCUT2D eigenvalue weighted by molar-refractivity contribution is 5.86. The molecule has 1 N–H and O–H groups in total. The van der Waals surface area contributed by atoms with Crippen LogP contribution in [0.25, 0.3) is 22.4 Å². The number of amides is 1. The summed E-state index contributed by atoms with van der Waals surface area (Å²) in [7, 11) is 1.66. The maximum atomic E-state index is 11.5. The van der Waals surface area contributed by atoms with E-state index in [1.165, 1.54) is 12.8 Å². The normalized spacial score (nSPS) is 21.5. The van der Waals surface area contributed by atoms with E-state index in [1.54, 1.807) is 7.11 Å². The molecular formula is C23H27N5O3. The summed E-state index contributed by atoms with van der Waals surface area (Å²) < 4.78 is 13.5. The van der Waals surface area contributed by atoms with Crippen molar-refractivity contribution in [1.82, 2.24) is 19.9 Å². The van der Waals surface area contributed by atoms with Crippen LogP contribution >= 0.6 is 0 Å². The molecule has 0 spiro atoms. The number of rotatable bonds is 5. The van der Waals surface area contributed by atoms with Crippen molar-refractivity contribution in [1.29, 1.82) is 0 Å². The van der Waals surface area contributed by atoms with Crippen LogP contribution in [0.1, 0.15) is 19.8 Å². The fourth-order valence-corrected chi connectivity index (χ4v) is 4.53. The van der Waals surface area contributed by atoms with Gasteiger partial charge in [0.1, 0.15) is 29.5 Å². The molecule has 5 rings (SSSR count). The van der Waals surface area contributed by atoms with E-state index in [0.29, 0.717) is 19.1 Å². The largest absolute Gasteiger partial charge is 0.494 e. The molecule has 0 aliphatic carbocycles. The number of carbonyl (C=O) groups excluding carboxylic acids is 1. The van der Waals surface area contributed by atoms with Gasteiger partial charge in [0.05, 0.1) is 25.3 Å². The highest BCUT2D eigenvalue weighted by Gasteiger charge is 2.25. The van der Waals surface area contributed by atoms with Crippen molar-refractivity contribution >= 4 is 22.8 Å². The third kappa shape index (κ3) is 3.72. The SMILES string of the molecule is COc1cccc2nc(-c3ccc(N4CCCC4C)nc3)n(C[C@@H]3CNC(=O)CO3)c12. The summed E-state index contributed by atoms with van der Waals surface area (Å²) in [4.78, 5) is 23.5. The minimum atomic E-state index is -0.142. The monoisotopic (exact) mass is 421 g/mol. The van der Waals surface area contributed by atoms with E-state index in [4.69, 9.17) is 19.4 Å². The number of nitrogens with one attached hydrogen (secondary N) is 1. The predicted molar refractivity (Wildman–Crippen MR) is 118 cm³/mol. The lowest BCUT2D eigenvalue weighted by Gasteiger charge is -2.25. The van der Waals surface area contributed by atoms with Gasteiger partial charge in [-0.05, 0) is 44.0 Å². The number of hydrogen-bond donors (Lipinski definition) is 1. The van der Waals surface area contributed by atoms with Crippen LogP contribution in [0.3, 0.4) is 0 Å². The second-order valence-corrected chi connectivity index (χ2v) is 8.20. The fourth-order valence-electron chi connectivity index (χ4n) is 4.53. The van der Waals surface area contributed by atoms with Gasteiger partial charge in [-0.15, -0.1) is 0 Å². The van der Waals surface area contributed by atoms with Gasteiger partial charge in [0, 0.05) is 30.9 Å². The number of morpholine rings is 1. The number of para-hydroxylation sites is 1. The molecule has 1 aromatic carbocycles. The van der Waals surface area contributed by atoms with Gasteiger partial charge in [-0.1, -0.05) is 6.07 Å². The van der Waals surface area contributed by atoms with Crippen molar-refractivity contribution in [3.8, 4) is 17.1 Å². The molecule has 0 radical (unpaired) electrons. The zero-order valence-electron chi connectivity index (χ0n) is 17.9. The van der Waals surface area contributed by atoms with Crippen LogP contribution in [0.4, 0.5) is 5.82 Å². The van der Waals surface area contributed by atoms with Crippen LogP contribution in [0.5, 0.6) is 5.75 Å². The number of fused-ring (bicyclic) bond motifs is 1. The number of nitrogens with zero attached hydrogens (tertiary/aromatic N) is 4. The van der Waals surface area contributed by atoms with Gasteiger partial charge >= 0.3 is 0 Å². The Morgan fingerprint density at radius 1 is 1.29 bits per heavy atom. The van der Waals surface area contributed by atoms with E-state index < -0.39 is 0 Å². The Bertz CT molecular complexity index is 1080. The van der Waals surface area contributed by atoms with Gasteiger partial charge < -0.3 is 24.3 Å². The lowest BCUT2D eigenvalue weighted by atomic mass is 10.2. The molecule has 2 fully saturated rings. The summed E-state index contributed by atoms with van der Waals surface area (Å²) in [5.41, 5.74) is 2.71. The number of methoxy groups -OCH3 is 1. The highest BCUT2D eigenvalue weighted by atomic mass is 16.5. The second-order valence-electron chi connectivity index (χ2n) is 8.20. The van der Waals surface area contributed by atoms with Crippen LogP contribution in [0, 0.1) is 0 Å². The molecule has 8 heteroatoms. The first-order valence-electron chi connectivity index (χ1n) is 10.8. The highest BCUT2D eigenvalue weighted by Crippen LogP contribution is 2.32. The first-order valence-corrected chi connectivity index (χ1v) is 10.8. The average Bonchev–Trinajstić information content (AvgIpc) is 3.39. The van der Waals surface area contributed by atoms with Crippen molar-refractivity contribution in [3.05, 3.63) is 36.5 Å². The Labute approximate surface area is 181 Å².